The fourth-order valence-corrected chi connectivity index (χ4v) is 4.89. The average Bonchev–Trinajstić information content (AvgIpc) is 3.33. The third-order valence-corrected chi connectivity index (χ3v) is 6.80. The number of hydrogen-bond acceptors (Lipinski definition) is 4. The number of hydrogen-bond donors (Lipinski definition) is 2. The van der Waals surface area contributed by atoms with Gasteiger partial charge in [0.15, 0.2) is 11.6 Å². The Balaban J connectivity index is 1.31. The van der Waals surface area contributed by atoms with Gasteiger partial charge in [-0.2, -0.15) is 0 Å². The maximum atomic E-state index is 14.0. The SMILES string of the molecule is COc1ccc(CN2CCN(C(=O)C3(NC(=O)NCc4ccccc4)CCCC3)CC2)cc1F. The van der Waals surface area contributed by atoms with Crippen molar-refractivity contribution in [3.8, 4) is 5.75 Å². The molecule has 2 fully saturated rings. The van der Waals surface area contributed by atoms with Crippen LogP contribution >= 0.6 is 0 Å². The van der Waals surface area contributed by atoms with Crippen molar-refractivity contribution in [3.05, 3.63) is 65.5 Å². The number of piperazine rings is 1. The molecular weight excluding hydrogens is 435 g/mol. The summed E-state index contributed by atoms with van der Waals surface area (Å²) in [5.41, 5.74) is 1.06. The van der Waals surface area contributed by atoms with Crippen molar-refractivity contribution in [1.82, 2.24) is 20.4 Å². The maximum absolute atomic E-state index is 14.0. The molecule has 2 aliphatic rings. The maximum Gasteiger partial charge on any atom is 0.315 e. The lowest BCUT2D eigenvalue weighted by atomic mass is 9.95. The molecule has 1 aliphatic heterocycles. The van der Waals surface area contributed by atoms with E-state index in [0.29, 0.717) is 52.1 Å². The second kappa shape index (κ2) is 10.9. The minimum absolute atomic E-state index is 0.00926. The van der Waals surface area contributed by atoms with Crippen molar-refractivity contribution >= 4 is 11.9 Å². The summed E-state index contributed by atoms with van der Waals surface area (Å²) in [5.74, 6) is -0.120. The summed E-state index contributed by atoms with van der Waals surface area (Å²) >= 11 is 0. The first-order valence-corrected chi connectivity index (χ1v) is 11.9. The largest absolute Gasteiger partial charge is 0.494 e. The predicted octanol–water partition coefficient (Wildman–Crippen LogP) is 3.29. The van der Waals surface area contributed by atoms with Crippen molar-refractivity contribution in [1.29, 1.82) is 0 Å². The van der Waals surface area contributed by atoms with Crippen LogP contribution in [0.15, 0.2) is 48.5 Å². The Bertz CT molecular complexity index is 987. The minimum atomic E-state index is -0.831. The van der Waals surface area contributed by atoms with Crippen LogP contribution in [0.3, 0.4) is 0 Å². The second-order valence-electron chi connectivity index (χ2n) is 9.12. The zero-order chi connectivity index (χ0) is 24.0. The van der Waals surface area contributed by atoms with Crippen molar-refractivity contribution in [2.75, 3.05) is 33.3 Å². The number of methoxy groups -OCH3 is 1. The Labute approximate surface area is 200 Å². The van der Waals surface area contributed by atoms with Crippen LogP contribution in [0.5, 0.6) is 5.75 Å². The smallest absolute Gasteiger partial charge is 0.315 e. The molecule has 2 aromatic rings. The lowest BCUT2D eigenvalue weighted by Crippen LogP contribution is -2.62. The number of nitrogens with one attached hydrogen (secondary N) is 2. The minimum Gasteiger partial charge on any atom is -0.494 e. The summed E-state index contributed by atoms with van der Waals surface area (Å²) in [6.45, 7) is 3.63. The van der Waals surface area contributed by atoms with Crippen molar-refractivity contribution in [2.24, 2.45) is 0 Å². The summed E-state index contributed by atoms with van der Waals surface area (Å²) in [7, 11) is 1.45. The van der Waals surface area contributed by atoms with Gasteiger partial charge in [-0.05, 0) is 36.1 Å². The number of nitrogens with zero attached hydrogens (tertiary/aromatic N) is 2. The van der Waals surface area contributed by atoms with Gasteiger partial charge in [-0.25, -0.2) is 9.18 Å². The fraction of sp³-hybridized carbons (Fsp3) is 0.462. The molecular formula is C26H33FN4O3. The van der Waals surface area contributed by atoms with Crippen molar-refractivity contribution in [2.45, 2.75) is 44.3 Å². The van der Waals surface area contributed by atoms with Gasteiger partial charge < -0.3 is 20.3 Å². The van der Waals surface area contributed by atoms with E-state index in [2.05, 4.69) is 15.5 Å². The van der Waals surface area contributed by atoms with Gasteiger partial charge in [-0.3, -0.25) is 9.69 Å². The topological polar surface area (TPSA) is 73.9 Å². The lowest BCUT2D eigenvalue weighted by Gasteiger charge is -2.40. The number of halogens is 1. The van der Waals surface area contributed by atoms with Crippen LogP contribution in [0.1, 0.15) is 36.8 Å². The van der Waals surface area contributed by atoms with Crippen LogP contribution in [-0.4, -0.2) is 60.6 Å². The highest BCUT2D eigenvalue weighted by molar-refractivity contribution is 5.91. The number of ether oxygens (including phenoxy) is 1. The number of urea groups is 1. The number of rotatable bonds is 7. The molecule has 2 aromatic carbocycles. The van der Waals surface area contributed by atoms with Gasteiger partial charge in [-0.1, -0.05) is 49.2 Å². The molecule has 1 heterocycles. The number of amides is 3. The van der Waals surface area contributed by atoms with E-state index in [1.165, 1.54) is 13.2 Å². The first kappa shape index (κ1) is 24.0. The van der Waals surface area contributed by atoms with Gasteiger partial charge in [0.2, 0.25) is 5.91 Å². The fourth-order valence-electron chi connectivity index (χ4n) is 4.89. The Morgan fingerprint density at radius 1 is 1.00 bits per heavy atom. The first-order chi connectivity index (χ1) is 16.5. The summed E-state index contributed by atoms with van der Waals surface area (Å²) in [5, 5.41) is 5.91. The summed E-state index contributed by atoms with van der Waals surface area (Å²) < 4.78 is 19.0. The summed E-state index contributed by atoms with van der Waals surface area (Å²) in [4.78, 5) is 30.2. The predicted molar refractivity (Wildman–Crippen MR) is 128 cm³/mol. The molecule has 0 aromatic heterocycles. The Kier molecular flexibility index (Phi) is 7.67. The van der Waals surface area contributed by atoms with Crippen LogP contribution in [-0.2, 0) is 17.9 Å². The molecule has 182 valence electrons. The highest BCUT2D eigenvalue weighted by Crippen LogP contribution is 2.32. The molecule has 7 nitrogen and oxygen atoms in total. The zero-order valence-electron chi connectivity index (χ0n) is 19.7. The Hall–Kier alpha value is -3.13. The number of benzene rings is 2. The molecule has 1 saturated heterocycles. The van der Waals surface area contributed by atoms with Gasteiger partial charge in [0.1, 0.15) is 5.54 Å². The molecule has 0 bridgehead atoms. The lowest BCUT2D eigenvalue weighted by molar-refractivity contribution is -0.139. The molecule has 0 spiro atoms. The Morgan fingerprint density at radius 2 is 1.71 bits per heavy atom. The third-order valence-electron chi connectivity index (χ3n) is 6.80. The molecule has 8 heteroatoms. The standard InChI is InChI=1S/C26H33FN4O3/c1-34-23-10-9-21(17-22(23)27)19-30-13-15-31(16-14-30)24(32)26(11-5-6-12-26)29-25(33)28-18-20-7-3-2-4-8-20/h2-4,7-10,17H,5-6,11-16,18-19H2,1H3,(H2,28,29,33). The van der Waals surface area contributed by atoms with Gasteiger partial charge in [0.25, 0.3) is 0 Å². The zero-order valence-corrected chi connectivity index (χ0v) is 19.7. The first-order valence-electron chi connectivity index (χ1n) is 11.9. The molecule has 0 radical (unpaired) electrons. The van der Waals surface area contributed by atoms with Crippen LogP contribution in [0.25, 0.3) is 0 Å². The van der Waals surface area contributed by atoms with Gasteiger partial charge in [0, 0.05) is 39.3 Å². The van der Waals surface area contributed by atoms with Gasteiger partial charge in [-0.15, -0.1) is 0 Å². The third kappa shape index (κ3) is 5.67. The quantitative estimate of drug-likeness (QED) is 0.654. The van der Waals surface area contributed by atoms with Crippen LogP contribution in [0.2, 0.25) is 0 Å². The van der Waals surface area contributed by atoms with Gasteiger partial charge >= 0.3 is 6.03 Å². The van der Waals surface area contributed by atoms with E-state index in [1.807, 2.05) is 41.3 Å². The van der Waals surface area contributed by atoms with E-state index in [4.69, 9.17) is 4.74 Å². The van der Waals surface area contributed by atoms with E-state index in [1.54, 1.807) is 6.07 Å². The normalized spacial score (nSPS) is 17.9. The molecule has 1 aliphatic carbocycles. The van der Waals surface area contributed by atoms with E-state index in [-0.39, 0.29) is 23.5 Å². The molecule has 0 atom stereocenters. The van der Waals surface area contributed by atoms with E-state index in [9.17, 15) is 14.0 Å². The van der Waals surface area contributed by atoms with Crippen LogP contribution in [0.4, 0.5) is 9.18 Å². The van der Waals surface area contributed by atoms with E-state index >= 15 is 0 Å². The number of carbonyl (C=O) groups excluding carboxylic acids is 2. The van der Waals surface area contributed by atoms with Crippen LogP contribution < -0.4 is 15.4 Å². The van der Waals surface area contributed by atoms with Crippen molar-refractivity contribution in [3.63, 3.8) is 0 Å². The molecule has 4 rings (SSSR count). The summed E-state index contributed by atoms with van der Waals surface area (Å²) in [6.07, 6.45) is 3.17. The van der Waals surface area contributed by atoms with Crippen LogP contribution in [0, 0.1) is 5.82 Å². The second-order valence-corrected chi connectivity index (χ2v) is 9.12. The average molecular weight is 469 g/mol. The van der Waals surface area contributed by atoms with Gasteiger partial charge in [0.05, 0.1) is 7.11 Å². The Morgan fingerprint density at radius 3 is 2.35 bits per heavy atom. The monoisotopic (exact) mass is 468 g/mol. The highest BCUT2D eigenvalue weighted by Gasteiger charge is 2.45. The molecule has 34 heavy (non-hydrogen) atoms. The van der Waals surface area contributed by atoms with Crippen molar-refractivity contribution < 1.29 is 18.7 Å². The molecule has 3 amide bonds. The number of carbonyl (C=O) groups is 2. The van der Waals surface area contributed by atoms with E-state index in [0.717, 1.165) is 24.0 Å². The highest BCUT2D eigenvalue weighted by atomic mass is 19.1. The summed E-state index contributed by atoms with van der Waals surface area (Å²) in [6, 6.07) is 14.4. The molecule has 2 N–H and O–H groups in total. The molecule has 0 unspecified atom stereocenters. The van der Waals surface area contributed by atoms with E-state index < -0.39 is 5.54 Å². The molecule has 1 saturated carbocycles.